The number of fused-ring (bicyclic) bond motifs is 1. The fourth-order valence-electron chi connectivity index (χ4n) is 1.28. The lowest BCUT2D eigenvalue weighted by molar-refractivity contribution is -0.109. The molecule has 0 fully saturated rings. The van der Waals surface area contributed by atoms with E-state index in [4.69, 9.17) is 0 Å². The van der Waals surface area contributed by atoms with Gasteiger partial charge >= 0.3 is 0 Å². The molecule has 0 aromatic carbocycles. The molecule has 2 N–H and O–H groups in total. The molecule has 66 valence electrons. The van der Waals surface area contributed by atoms with Crippen molar-refractivity contribution in [1.82, 2.24) is 15.3 Å². The molecule has 4 heteroatoms. The third kappa shape index (κ3) is 1.51. The summed E-state index contributed by atoms with van der Waals surface area (Å²) in [5, 5.41) is 3.65. The van der Waals surface area contributed by atoms with Crippen LogP contribution in [-0.4, -0.2) is 16.4 Å². The summed E-state index contributed by atoms with van der Waals surface area (Å²) in [5.41, 5.74) is 2.02. The minimum absolute atomic E-state index is 0.526. The summed E-state index contributed by atoms with van der Waals surface area (Å²) >= 11 is 0. The van der Waals surface area contributed by atoms with Crippen LogP contribution in [0.1, 0.15) is 5.69 Å². The number of H-pyrrole nitrogens is 1. The number of pyridine rings is 1. The number of aromatic nitrogens is 2. The van der Waals surface area contributed by atoms with Crippen molar-refractivity contribution in [3.8, 4) is 0 Å². The fourth-order valence-corrected chi connectivity index (χ4v) is 1.28. The minimum Gasteiger partial charge on any atom is -0.357 e. The first-order valence-corrected chi connectivity index (χ1v) is 3.99. The van der Waals surface area contributed by atoms with Gasteiger partial charge in [-0.15, -0.1) is 0 Å². The van der Waals surface area contributed by atoms with Gasteiger partial charge in [-0.3, -0.25) is 9.78 Å². The fraction of sp³-hybridized carbons (Fsp3) is 0.111. The van der Waals surface area contributed by atoms with Gasteiger partial charge in [-0.25, -0.2) is 0 Å². The molecule has 0 unspecified atom stereocenters. The second-order valence-corrected chi connectivity index (χ2v) is 2.76. The summed E-state index contributed by atoms with van der Waals surface area (Å²) in [6.07, 6.45) is 4.20. The summed E-state index contributed by atoms with van der Waals surface area (Å²) in [4.78, 5) is 17.2. The first-order chi connectivity index (χ1) is 6.40. The van der Waals surface area contributed by atoms with E-state index in [1.54, 1.807) is 12.4 Å². The maximum Gasteiger partial charge on any atom is 0.207 e. The topological polar surface area (TPSA) is 57.8 Å². The van der Waals surface area contributed by atoms with Crippen molar-refractivity contribution < 1.29 is 4.79 Å². The average Bonchev–Trinajstić information content (AvgIpc) is 2.57. The Morgan fingerprint density at radius 2 is 2.54 bits per heavy atom. The van der Waals surface area contributed by atoms with Crippen LogP contribution in [0, 0.1) is 0 Å². The van der Waals surface area contributed by atoms with Gasteiger partial charge in [0.2, 0.25) is 6.41 Å². The normalized spacial score (nSPS) is 10.2. The van der Waals surface area contributed by atoms with Crippen molar-refractivity contribution in [2.75, 3.05) is 0 Å². The Morgan fingerprint density at radius 1 is 1.62 bits per heavy atom. The van der Waals surface area contributed by atoms with Crippen LogP contribution in [0.4, 0.5) is 0 Å². The van der Waals surface area contributed by atoms with Crippen molar-refractivity contribution >= 4 is 17.3 Å². The molecule has 0 bridgehead atoms. The van der Waals surface area contributed by atoms with Gasteiger partial charge in [-0.1, -0.05) is 0 Å². The van der Waals surface area contributed by atoms with Crippen LogP contribution in [0.3, 0.4) is 0 Å². The van der Waals surface area contributed by atoms with Gasteiger partial charge in [0.25, 0.3) is 0 Å². The summed E-state index contributed by atoms with van der Waals surface area (Å²) < 4.78 is 0. The van der Waals surface area contributed by atoms with E-state index in [-0.39, 0.29) is 0 Å². The Morgan fingerprint density at radius 3 is 3.31 bits per heavy atom. The number of carbonyl (C=O) groups excluding carboxylic acids is 1. The number of hydrogen-bond donors (Lipinski definition) is 2. The maximum absolute atomic E-state index is 10.1. The number of carbonyl (C=O) groups is 1. The zero-order valence-electron chi connectivity index (χ0n) is 6.95. The van der Waals surface area contributed by atoms with Gasteiger partial charge in [0.05, 0.1) is 6.54 Å². The zero-order chi connectivity index (χ0) is 9.10. The average molecular weight is 175 g/mol. The highest BCUT2D eigenvalue weighted by atomic mass is 16.1. The van der Waals surface area contributed by atoms with Gasteiger partial charge in [0.15, 0.2) is 0 Å². The van der Waals surface area contributed by atoms with Crippen molar-refractivity contribution in [1.29, 1.82) is 0 Å². The Hall–Kier alpha value is -1.84. The highest BCUT2D eigenvalue weighted by molar-refractivity contribution is 5.79. The van der Waals surface area contributed by atoms with Gasteiger partial charge in [0, 0.05) is 29.0 Å². The van der Waals surface area contributed by atoms with Crippen LogP contribution in [0.2, 0.25) is 0 Å². The predicted octanol–water partition coefficient (Wildman–Crippen LogP) is 0.809. The summed E-state index contributed by atoms with van der Waals surface area (Å²) in [5.74, 6) is 0. The molecule has 2 heterocycles. The molecule has 0 spiro atoms. The van der Waals surface area contributed by atoms with Crippen LogP contribution >= 0.6 is 0 Å². The van der Waals surface area contributed by atoms with Crippen molar-refractivity contribution in [3.05, 3.63) is 30.2 Å². The van der Waals surface area contributed by atoms with E-state index in [0.29, 0.717) is 13.0 Å². The van der Waals surface area contributed by atoms with E-state index < -0.39 is 0 Å². The van der Waals surface area contributed by atoms with Crippen LogP contribution in [0.15, 0.2) is 24.5 Å². The first kappa shape index (κ1) is 7.79. The maximum atomic E-state index is 10.1. The van der Waals surface area contributed by atoms with E-state index in [1.165, 1.54) is 0 Å². The highest BCUT2D eigenvalue weighted by Crippen LogP contribution is 2.12. The predicted molar refractivity (Wildman–Crippen MR) is 49.0 cm³/mol. The molecule has 2 rings (SSSR count). The summed E-state index contributed by atoms with van der Waals surface area (Å²) in [6, 6.07) is 3.87. The number of nitrogens with zero attached hydrogens (tertiary/aromatic N) is 1. The van der Waals surface area contributed by atoms with E-state index in [9.17, 15) is 4.79 Å². The van der Waals surface area contributed by atoms with Crippen LogP contribution in [-0.2, 0) is 11.3 Å². The first-order valence-electron chi connectivity index (χ1n) is 3.99. The number of rotatable bonds is 3. The van der Waals surface area contributed by atoms with Crippen molar-refractivity contribution in [2.24, 2.45) is 0 Å². The molecule has 4 nitrogen and oxygen atoms in total. The summed E-state index contributed by atoms with van der Waals surface area (Å²) in [7, 11) is 0. The second-order valence-electron chi connectivity index (χ2n) is 2.76. The van der Waals surface area contributed by atoms with Gasteiger partial charge in [-0.05, 0) is 12.1 Å². The largest absolute Gasteiger partial charge is 0.357 e. The molecule has 0 aliphatic carbocycles. The molecule has 13 heavy (non-hydrogen) atoms. The number of aromatic amines is 1. The van der Waals surface area contributed by atoms with Crippen LogP contribution in [0.25, 0.3) is 10.9 Å². The minimum atomic E-state index is 0.526. The quantitative estimate of drug-likeness (QED) is 0.678. The Bertz CT molecular complexity index is 388. The molecule has 2 aromatic heterocycles. The van der Waals surface area contributed by atoms with E-state index >= 15 is 0 Å². The molecular weight excluding hydrogens is 166 g/mol. The summed E-state index contributed by atoms with van der Waals surface area (Å²) in [6.45, 7) is 0.526. The smallest absolute Gasteiger partial charge is 0.207 e. The molecule has 0 aliphatic heterocycles. The Labute approximate surface area is 75.0 Å². The monoisotopic (exact) mass is 175 g/mol. The van der Waals surface area contributed by atoms with E-state index in [2.05, 4.69) is 15.3 Å². The van der Waals surface area contributed by atoms with Crippen LogP contribution < -0.4 is 5.32 Å². The molecule has 0 aliphatic rings. The molecule has 1 amide bonds. The van der Waals surface area contributed by atoms with Crippen LogP contribution in [0.5, 0.6) is 0 Å². The number of hydrogen-bond acceptors (Lipinski definition) is 2. The number of amides is 1. The zero-order valence-corrected chi connectivity index (χ0v) is 6.95. The Kier molecular flexibility index (Phi) is 1.96. The standard InChI is InChI=1S/C9H9N3O/c13-6-11-5-8-3-7-4-10-2-1-9(7)12-8/h1-4,6,12H,5H2,(H,11,13). The van der Waals surface area contributed by atoms with Crippen molar-refractivity contribution in [2.45, 2.75) is 6.54 Å². The SMILES string of the molecule is O=CNCc1cc2cnccc2[nH]1. The third-order valence-corrected chi connectivity index (χ3v) is 1.85. The molecule has 2 aromatic rings. The lowest BCUT2D eigenvalue weighted by Gasteiger charge is -1.92. The molecule has 0 saturated carbocycles. The van der Waals surface area contributed by atoms with Gasteiger partial charge < -0.3 is 10.3 Å². The second kappa shape index (κ2) is 3.26. The lowest BCUT2D eigenvalue weighted by atomic mass is 10.3. The van der Waals surface area contributed by atoms with Crippen molar-refractivity contribution in [3.63, 3.8) is 0 Å². The number of nitrogens with one attached hydrogen (secondary N) is 2. The van der Waals surface area contributed by atoms with Gasteiger partial charge in [0.1, 0.15) is 0 Å². The highest BCUT2D eigenvalue weighted by Gasteiger charge is 1.98. The third-order valence-electron chi connectivity index (χ3n) is 1.85. The van der Waals surface area contributed by atoms with Gasteiger partial charge in [-0.2, -0.15) is 0 Å². The lowest BCUT2D eigenvalue weighted by Crippen LogP contribution is -2.09. The molecular formula is C9H9N3O. The Balaban J connectivity index is 2.32. The van der Waals surface area contributed by atoms with E-state index in [0.717, 1.165) is 16.6 Å². The molecule has 0 saturated heterocycles. The molecule has 0 atom stereocenters. The molecule has 0 radical (unpaired) electrons. The van der Waals surface area contributed by atoms with E-state index in [1.807, 2.05) is 12.1 Å².